The van der Waals surface area contributed by atoms with Gasteiger partial charge in [-0.2, -0.15) is 0 Å². The molecule has 1 aliphatic rings. The van der Waals surface area contributed by atoms with Crippen LogP contribution in [0.25, 0.3) is 17.1 Å². The van der Waals surface area contributed by atoms with E-state index in [9.17, 15) is 5.11 Å². The van der Waals surface area contributed by atoms with Gasteiger partial charge in [-0.3, -0.25) is 0 Å². The summed E-state index contributed by atoms with van der Waals surface area (Å²) in [4.78, 5) is 8.32. The third-order valence-electron chi connectivity index (χ3n) is 3.98. The number of aromatic nitrogens is 5. The Labute approximate surface area is 143 Å². The van der Waals surface area contributed by atoms with Gasteiger partial charge in [0.1, 0.15) is 10.8 Å². The van der Waals surface area contributed by atoms with Crippen molar-refractivity contribution in [1.29, 1.82) is 0 Å². The van der Waals surface area contributed by atoms with Gasteiger partial charge in [-0.15, -0.1) is 10.2 Å². The Morgan fingerprint density at radius 2 is 2.12 bits per heavy atom. The first-order valence-electron chi connectivity index (χ1n) is 7.63. The first kappa shape index (κ1) is 15.1. The van der Waals surface area contributed by atoms with E-state index >= 15 is 0 Å². The average Bonchev–Trinajstić information content (AvgIpc) is 3.09. The molecule has 0 radical (unpaired) electrons. The van der Waals surface area contributed by atoms with Crippen LogP contribution in [0.4, 0.5) is 0 Å². The summed E-state index contributed by atoms with van der Waals surface area (Å²) in [7, 11) is 0. The molecule has 3 N–H and O–H groups in total. The Balaban J connectivity index is 1.53. The van der Waals surface area contributed by atoms with Crippen molar-refractivity contribution in [2.75, 3.05) is 0 Å². The average molecular weight is 340 g/mol. The summed E-state index contributed by atoms with van der Waals surface area (Å²) >= 11 is 1.65. The lowest BCUT2D eigenvalue weighted by molar-refractivity contribution is 0.432. The van der Waals surface area contributed by atoms with Crippen LogP contribution in [0.2, 0.25) is 0 Å². The lowest BCUT2D eigenvalue weighted by Crippen LogP contribution is -2.38. The van der Waals surface area contributed by atoms with E-state index in [4.69, 9.17) is 5.73 Å². The van der Waals surface area contributed by atoms with Crippen LogP contribution >= 0.6 is 11.8 Å². The normalized spacial score (nSPS) is 19.9. The molecular formula is C16H16N6OS. The molecule has 0 unspecified atom stereocenters. The molecule has 24 heavy (non-hydrogen) atoms. The number of thioether (sulfide) groups is 1. The molecule has 1 aromatic carbocycles. The van der Waals surface area contributed by atoms with Crippen molar-refractivity contribution in [3.8, 4) is 22.8 Å². The number of imidazole rings is 1. The van der Waals surface area contributed by atoms with Gasteiger partial charge in [-0.05, 0) is 25.0 Å². The third kappa shape index (κ3) is 2.98. The molecule has 4 rings (SSSR count). The molecule has 0 aliphatic heterocycles. The Morgan fingerprint density at radius 3 is 2.75 bits per heavy atom. The van der Waals surface area contributed by atoms with Crippen molar-refractivity contribution < 1.29 is 5.11 Å². The topological polar surface area (TPSA) is 103 Å². The van der Waals surface area contributed by atoms with Crippen molar-refractivity contribution in [3.05, 3.63) is 43.1 Å². The van der Waals surface area contributed by atoms with Gasteiger partial charge in [0.15, 0.2) is 5.82 Å². The van der Waals surface area contributed by atoms with Gasteiger partial charge in [-0.25, -0.2) is 9.97 Å². The van der Waals surface area contributed by atoms with Gasteiger partial charge in [0.05, 0.1) is 23.8 Å². The number of nitrogens with two attached hydrogens (primary N) is 1. The van der Waals surface area contributed by atoms with Gasteiger partial charge >= 0.3 is 0 Å². The fourth-order valence-electron chi connectivity index (χ4n) is 2.60. The summed E-state index contributed by atoms with van der Waals surface area (Å²) in [6, 6.07) is 5.62. The van der Waals surface area contributed by atoms with Crippen molar-refractivity contribution in [3.63, 3.8) is 0 Å². The van der Waals surface area contributed by atoms with E-state index in [1.807, 2.05) is 16.8 Å². The molecule has 8 heteroatoms. The highest BCUT2D eigenvalue weighted by Crippen LogP contribution is 2.35. The minimum atomic E-state index is 0.105. The third-order valence-corrected chi connectivity index (χ3v) is 5.13. The molecule has 0 spiro atoms. The molecule has 2 aromatic heterocycles. The largest absolute Gasteiger partial charge is 0.507 e. The molecule has 2 heterocycles. The van der Waals surface area contributed by atoms with E-state index in [2.05, 4.69) is 20.2 Å². The molecule has 0 atom stereocenters. The summed E-state index contributed by atoms with van der Waals surface area (Å²) in [5.74, 6) is 0.507. The quantitative estimate of drug-likeness (QED) is 0.749. The number of phenolic OH excluding ortho intramolecular Hbond substituents is 1. The van der Waals surface area contributed by atoms with Crippen LogP contribution in [-0.2, 0) is 0 Å². The minimum absolute atomic E-state index is 0.105. The number of benzene rings is 1. The van der Waals surface area contributed by atoms with E-state index in [1.165, 1.54) is 0 Å². The van der Waals surface area contributed by atoms with Crippen LogP contribution in [0.1, 0.15) is 12.8 Å². The van der Waals surface area contributed by atoms with Crippen LogP contribution in [-0.4, -0.2) is 41.1 Å². The molecule has 0 amide bonds. The molecule has 0 bridgehead atoms. The second kappa shape index (κ2) is 6.21. The lowest BCUT2D eigenvalue weighted by Gasteiger charge is -2.31. The highest BCUT2D eigenvalue weighted by molar-refractivity contribution is 7.99. The maximum atomic E-state index is 10.3. The van der Waals surface area contributed by atoms with E-state index < -0.39 is 0 Å². The highest BCUT2D eigenvalue weighted by atomic mass is 32.2. The Hall–Kier alpha value is -2.45. The van der Waals surface area contributed by atoms with Crippen LogP contribution in [0.3, 0.4) is 0 Å². The molecule has 0 saturated heterocycles. The molecule has 1 fully saturated rings. The van der Waals surface area contributed by atoms with Crippen LogP contribution in [0.15, 0.2) is 48.1 Å². The fraction of sp³-hybridized carbons (Fsp3) is 0.250. The number of nitrogens with zero attached hydrogens (tertiary/aromatic N) is 5. The summed E-state index contributed by atoms with van der Waals surface area (Å²) in [5, 5.41) is 19.9. The highest BCUT2D eigenvalue weighted by Gasteiger charge is 2.27. The Morgan fingerprint density at radius 1 is 1.25 bits per heavy atom. The zero-order valence-electron chi connectivity index (χ0n) is 12.8. The van der Waals surface area contributed by atoms with Crippen LogP contribution in [0.5, 0.6) is 5.75 Å². The summed E-state index contributed by atoms with van der Waals surface area (Å²) in [6.07, 6.45) is 8.87. The monoisotopic (exact) mass is 340 g/mol. The standard InChI is InChI=1S/C16H16N6OS/c17-10-5-12(6-10)24-15-8-19-16(21-20-15)13-2-1-11(7-14(13)23)22-4-3-18-9-22/h1-4,7-10,12,23H,5-6,17H2. The first-order valence-corrected chi connectivity index (χ1v) is 8.50. The SMILES string of the molecule is NC1CC(Sc2cnc(-c3ccc(-n4ccnc4)cc3O)nn2)C1. The Bertz CT molecular complexity index is 830. The van der Waals surface area contributed by atoms with Crippen LogP contribution in [0, 0.1) is 0 Å². The summed E-state index contributed by atoms with van der Waals surface area (Å²) in [6.45, 7) is 0. The van der Waals surface area contributed by atoms with Gasteiger partial charge < -0.3 is 15.4 Å². The predicted octanol–water partition coefficient (Wildman–Crippen LogP) is 2.01. The summed E-state index contributed by atoms with van der Waals surface area (Å²) < 4.78 is 1.81. The lowest BCUT2D eigenvalue weighted by atomic mass is 9.94. The minimum Gasteiger partial charge on any atom is -0.507 e. The van der Waals surface area contributed by atoms with E-state index in [0.717, 1.165) is 23.6 Å². The molecule has 1 aliphatic carbocycles. The van der Waals surface area contributed by atoms with E-state index in [-0.39, 0.29) is 5.75 Å². The second-order valence-corrected chi connectivity index (χ2v) is 7.08. The molecular weight excluding hydrogens is 324 g/mol. The van der Waals surface area contributed by atoms with Crippen molar-refractivity contribution in [1.82, 2.24) is 24.7 Å². The van der Waals surface area contributed by atoms with E-state index in [1.54, 1.807) is 42.6 Å². The fourth-order valence-corrected chi connectivity index (χ4v) is 3.83. The Kier molecular flexibility index (Phi) is 3.91. The number of aromatic hydroxyl groups is 1. The molecule has 1 saturated carbocycles. The second-order valence-electron chi connectivity index (χ2n) is 5.76. The number of hydrogen-bond acceptors (Lipinski definition) is 7. The maximum absolute atomic E-state index is 10.3. The van der Waals surface area contributed by atoms with Crippen molar-refractivity contribution in [2.45, 2.75) is 29.2 Å². The van der Waals surface area contributed by atoms with Crippen LogP contribution < -0.4 is 5.73 Å². The summed E-state index contributed by atoms with van der Waals surface area (Å²) in [5.41, 5.74) is 7.15. The molecule has 122 valence electrons. The maximum Gasteiger partial charge on any atom is 0.185 e. The number of rotatable bonds is 4. The van der Waals surface area contributed by atoms with Gasteiger partial charge in [0.25, 0.3) is 0 Å². The first-order chi connectivity index (χ1) is 11.7. The zero-order valence-corrected chi connectivity index (χ0v) is 13.6. The molecule has 7 nitrogen and oxygen atoms in total. The number of phenols is 1. The van der Waals surface area contributed by atoms with Gasteiger partial charge in [0, 0.05) is 29.8 Å². The number of hydrogen-bond donors (Lipinski definition) is 2. The van der Waals surface area contributed by atoms with Gasteiger partial charge in [-0.1, -0.05) is 11.8 Å². The smallest absolute Gasteiger partial charge is 0.185 e. The van der Waals surface area contributed by atoms with Crippen molar-refractivity contribution in [2.24, 2.45) is 5.73 Å². The van der Waals surface area contributed by atoms with Gasteiger partial charge in [0.2, 0.25) is 0 Å². The predicted molar refractivity (Wildman–Crippen MR) is 90.9 cm³/mol. The van der Waals surface area contributed by atoms with Crippen molar-refractivity contribution >= 4 is 11.8 Å². The van der Waals surface area contributed by atoms with E-state index in [0.29, 0.717) is 22.7 Å². The zero-order chi connectivity index (χ0) is 16.5. The molecule has 3 aromatic rings.